The van der Waals surface area contributed by atoms with E-state index in [1.54, 1.807) is 7.11 Å². The summed E-state index contributed by atoms with van der Waals surface area (Å²) in [5.41, 5.74) is 1.66. The zero-order chi connectivity index (χ0) is 15.9. The van der Waals surface area contributed by atoms with E-state index in [0.717, 1.165) is 16.9 Å². The molecular formula is C18H19NO3. The van der Waals surface area contributed by atoms with Gasteiger partial charge in [-0.25, -0.2) is 0 Å². The molecule has 0 aliphatic rings. The maximum Gasteiger partial charge on any atom is 0.225 e. The first-order valence-electron chi connectivity index (χ1n) is 7.08. The predicted molar refractivity (Wildman–Crippen MR) is 84.7 cm³/mol. The van der Waals surface area contributed by atoms with Gasteiger partial charge in [0.2, 0.25) is 5.91 Å². The molecule has 1 unspecified atom stereocenters. The van der Waals surface area contributed by atoms with Gasteiger partial charge >= 0.3 is 0 Å². The smallest absolute Gasteiger partial charge is 0.225 e. The molecule has 0 spiro atoms. The van der Waals surface area contributed by atoms with Crippen molar-refractivity contribution in [3.05, 3.63) is 65.7 Å². The van der Waals surface area contributed by atoms with Gasteiger partial charge in [-0.05, 0) is 30.2 Å². The third-order valence-corrected chi connectivity index (χ3v) is 3.37. The van der Waals surface area contributed by atoms with Gasteiger partial charge in [-0.1, -0.05) is 42.5 Å². The predicted octanol–water partition coefficient (Wildman–Crippen LogP) is 2.68. The van der Waals surface area contributed by atoms with E-state index in [0.29, 0.717) is 0 Å². The van der Waals surface area contributed by atoms with Gasteiger partial charge in [0.05, 0.1) is 13.5 Å². The maximum absolute atomic E-state index is 12.2. The van der Waals surface area contributed by atoms with Crippen molar-refractivity contribution in [3.8, 4) is 5.75 Å². The average Bonchev–Trinajstić information content (AvgIpc) is 2.54. The Balaban J connectivity index is 2.03. The van der Waals surface area contributed by atoms with Crippen molar-refractivity contribution in [1.29, 1.82) is 0 Å². The number of nitrogens with one attached hydrogen (secondary N) is 1. The lowest BCUT2D eigenvalue weighted by Crippen LogP contribution is -2.33. The summed E-state index contributed by atoms with van der Waals surface area (Å²) < 4.78 is 5.08. The summed E-state index contributed by atoms with van der Waals surface area (Å²) in [5, 5.41) is 2.79. The molecular weight excluding hydrogens is 278 g/mol. The number of benzene rings is 2. The highest BCUT2D eigenvalue weighted by Crippen LogP contribution is 2.15. The molecule has 114 valence electrons. The van der Waals surface area contributed by atoms with Gasteiger partial charge in [0.1, 0.15) is 11.8 Å². The molecule has 0 saturated heterocycles. The summed E-state index contributed by atoms with van der Waals surface area (Å²) >= 11 is 0. The first-order valence-corrected chi connectivity index (χ1v) is 7.08. The van der Waals surface area contributed by atoms with Gasteiger partial charge in [0.25, 0.3) is 0 Å². The topological polar surface area (TPSA) is 55.4 Å². The largest absolute Gasteiger partial charge is 0.497 e. The molecule has 0 bridgehead atoms. The lowest BCUT2D eigenvalue weighted by Gasteiger charge is -2.16. The lowest BCUT2D eigenvalue weighted by atomic mass is 10.0. The van der Waals surface area contributed by atoms with Crippen LogP contribution < -0.4 is 10.1 Å². The van der Waals surface area contributed by atoms with Crippen LogP contribution in [-0.4, -0.2) is 18.8 Å². The summed E-state index contributed by atoms with van der Waals surface area (Å²) in [7, 11) is 1.60. The molecule has 4 heteroatoms. The van der Waals surface area contributed by atoms with Crippen LogP contribution in [0.4, 0.5) is 0 Å². The van der Waals surface area contributed by atoms with E-state index in [4.69, 9.17) is 4.74 Å². The SMILES string of the molecule is COc1ccc(CC(=O)NC(C(C)=O)c2ccccc2)cc1. The fourth-order valence-electron chi connectivity index (χ4n) is 2.21. The third-order valence-electron chi connectivity index (χ3n) is 3.37. The quantitative estimate of drug-likeness (QED) is 0.892. The van der Waals surface area contributed by atoms with Crippen LogP contribution in [-0.2, 0) is 16.0 Å². The number of amides is 1. The normalized spacial score (nSPS) is 11.5. The van der Waals surface area contributed by atoms with Crippen LogP contribution in [0, 0.1) is 0 Å². The second-order valence-corrected chi connectivity index (χ2v) is 5.05. The van der Waals surface area contributed by atoms with Crippen molar-refractivity contribution in [2.45, 2.75) is 19.4 Å². The molecule has 0 radical (unpaired) electrons. The van der Waals surface area contributed by atoms with Crippen molar-refractivity contribution >= 4 is 11.7 Å². The van der Waals surface area contributed by atoms with Gasteiger partial charge in [0.15, 0.2) is 5.78 Å². The summed E-state index contributed by atoms with van der Waals surface area (Å²) in [6, 6.07) is 15.9. The molecule has 0 aliphatic carbocycles. The number of methoxy groups -OCH3 is 1. The first-order chi connectivity index (χ1) is 10.6. The van der Waals surface area contributed by atoms with Crippen molar-refractivity contribution in [2.75, 3.05) is 7.11 Å². The van der Waals surface area contributed by atoms with E-state index >= 15 is 0 Å². The van der Waals surface area contributed by atoms with Crippen molar-refractivity contribution < 1.29 is 14.3 Å². The molecule has 22 heavy (non-hydrogen) atoms. The molecule has 4 nitrogen and oxygen atoms in total. The van der Waals surface area contributed by atoms with Crippen molar-refractivity contribution in [3.63, 3.8) is 0 Å². The summed E-state index contributed by atoms with van der Waals surface area (Å²) in [6.07, 6.45) is 0.223. The summed E-state index contributed by atoms with van der Waals surface area (Å²) in [4.78, 5) is 23.9. The summed E-state index contributed by atoms with van der Waals surface area (Å²) in [5.74, 6) is 0.471. The number of ketones is 1. The van der Waals surface area contributed by atoms with Gasteiger partial charge in [0, 0.05) is 0 Å². The number of hydrogen-bond acceptors (Lipinski definition) is 3. The Morgan fingerprint density at radius 2 is 1.68 bits per heavy atom. The third kappa shape index (κ3) is 4.19. The van der Waals surface area contributed by atoms with Crippen LogP contribution in [0.15, 0.2) is 54.6 Å². The fourth-order valence-corrected chi connectivity index (χ4v) is 2.21. The Morgan fingerprint density at radius 1 is 1.05 bits per heavy atom. The zero-order valence-corrected chi connectivity index (χ0v) is 12.7. The van der Waals surface area contributed by atoms with Crippen molar-refractivity contribution in [1.82, 2.24) is 5.32 Å². The maximum atomic E-state index is 12.2. The zero-order valence-electron chi connectivity index (χ0n) is 12.7. The molecule has 2 aromatic rings. The number of carbonyl (C=O) groups is 2. The molecule has 1 amide bonds. The van der Waals surface area contributed by atoms with Crippen LogP contribution in [0.5, 0.6) is 5.75 Å². The second kappa shape index (κ2) is 7.41. The summed E-state index contributed by atoms with van der Waals surface area (Å²) in [6.45, 7) is 1.48. The van der Waals surface area contributed by atoms with Gasteiger partial charge in [-0.15, -0.1) is 0 Å². The van der Waals surface area contributed by atoms with Crippen LogP contribution in [0.25, 0.3) is 0 Å². The van der Waals surface area contributed by atoms with E-state index in [-0.39, 0.29) is 18.1 Å². The van der Waals surface area contributed by atoms with Crippen molar-refractivity contribution in [2.24, 2.45) is 0 Å². The average molecular weight is 297 g/mol. The van der Waals surface area contributed by atoms with E-state index in [2.05, 4.69) is 5.32 Å². The Hall–Kier alpha value is -2.62. The highest BCUT2D eigenvalue weighted by molar-refractivity contribution is 5.89. The number of carbonyl (C=O) groups excluding carboxylic acids is 2. The molecule has 2 rings (SSSR count). The Kier molecular flexibility index (Phi) is 5.31. The number of ether oxygens (including phenoxy) is 1. The molecule has 1 N–H and O–H groups in total. The van der Waals surface area contributed by atoms with Crippen LogP contribution in [0.1, 0.15) is 24.1 Å². The standard InChI is InChI=1S/C18H19NO3/c1-13(20)18(15-6-4-3-5-7-15)19-17(21)12-14-8-10-16(22-2)11-9-14/h3-11,18H,12H2,1-2H3,(H,19,21). The van der Waals surface area contributed by atoms with Gasteiger partial charge in [-0.3, -0.25) is 9.59 Å². The number of hydrogen-bond donors (Lipinski definition) is 1. The van der Waals surface area contributed by atoms with Crippen LogP contribution in [0.3, 0.4) is 0 Å². The minimum Gasteiger partial charge on any atom is -0.497 e. The number of rotatable bonds is 6. The van der Waals surface area contributed by atoms with E-state index in [1.165, 1.54) is 6.92 Å². The first kappa shape index (κ1) is 15.8. The Labute approximate surface area is 130 Å². The second-order valence-electron chi connectivity index (χ2n) is 5.05. The molecule has 0 aliphatic heterocycles. The minimum absolute atomic E-state index is 0.0886. The van der Waals surface area contributed by atoms with E-state index in [9.17, 15) is 9.59 Å². The molecule has 0 saturated carbocycles. The van der Waals surface area contributed by atoms with Gasteiger partial charge in [-0.2, -0.15) is 0 Å². The minimum atomic E-state index is -0.605. The molecule has 0 heterocycles. The fraction of sp³-hybridized carbons (Fsp3) is 0.222. The molecule has 2 aromatic carbocycles. The molecule has 1 atom stereocenters. The van der Waals surface area contributed by atoms with E-state index in [1.807, 2.05) is 54.6 Å². The monoisotopic (exact) mass is 297 g/mol. The molecule has 0 fully saturated rings. The van der Waals surface area contributed by atoms with Crippen LogP contribution in [0.2, 0.25) is 0 Å². The van der Waals surface area contributed by atoms with Crippen LogP contribution >= 0.6 is 0 Å². The van der Waals surface area contributed by atoms with E-state index < -0.39 is 6.04 Å². The highest BCUT2D eigenvalue weighted by Gasteiger charge is 2.18. The Morgan fingerprint density at radius 3 is 2.23 bits per heavy atom. The number of Topliss-reactive ketones (excluding diaryl/α,β-unsaturated/α-hetero) is 1. The lowest BCUT2D eigenvalue weighted by molar-refractivity contribution is -0.126. The van der Waals surface area contributed by atoms with Gasteiger partial charge < -0.3 is 10.1 Å². The highest BCUT2D eigenvalue weighted by atomic mass is 16.5. The Bertz CT molecular complexity index is 635. The molecule has 0 aromatic heterocycles.